The van der Waals surface area contributed by atoms with Crippen molar-refractivity contribution in [1.29, 1.82) is 0 Å². The number of rotatable bonds is 6. The highest BCUT2D eigenvalue weighted by molar-refractivity contribution is 7.18. The summed E-state index contributed by atoms with van der Waals surface area (Å²) in [5, 5.41) is 17.6. The number of pyridine rings is 1. The molecule has 0 radical (unpaired) electrons. The van der Waals surface area contributed by atoms with Crippen molar-refractivity contribution in [2.75, 3.05) is 5.32 Å². The van der Waals surface area contributed by atoms with Crippen LogP contribution in [0.25, 0.3) is 10.7 Å². The van der Waals surface area contributed by atoms with Crippen LogP contribution in [-0.4, -0.2) is 25.0 Å². The minimum absolute atomic E-state index is 0.658. The molecule has 0 aliphatic heterocycles. The maximum atomic E-state index is 4.41. The lowest BCUT2D eigenvalue weighted by molar-refractivity contribution is 0.686. The molecule has 0 atom stereocenters. The Bertz CT molecular complexity index is 932. The van der Waals surface area contributed by atoms with E-state index in [0.717, 1.165) is 27.9 Å². The van der Waals surface area contributed by atoms with E-state index in [9.17, 15) is 0 Å². The average molecular weight is 348 g/mol. The van der Waals surface area contributed by atoms with Crippen molar-refractivity contribution in [2.24, 2.45) is 0 Å². The van der Waals surface area contributed by atoms with Gasteiger partial charge in [0.05, 0.1) is 12.7 Å². The topological polar surface area (TPSA) is 68.5 Å². The molecule has 1 aromatic carbocycles. The van der Waals surface area contributed by atoms with Gasteiger partial charge < -0.3 is 5.32 Å². The van der Waals surface area contributed by atoms with Gasteiger partial charge in [0.25, 0.3) is 0 Å². The van der Waals surface area contributed by atoms with Gasteiger partial charge in [-0.15, -0.1) is 10.2 Å². The molecule has 0 bridgehead atoms. The van der Waals surface area contributed by atoms with E-state index in [1.165, 1.54) is 16.9 Å². The van der Waals surface area contributed by atoms with Gasteiger partial charge in [-0.2, -0.15) is 5.10 Å². The van der Waals surface area contributed by atoms with Crippen molar-refractivity contribution in [3.05, 3.63) is 78.2 Å². The van der Waals surface area contributed by atoms with Crippen molar-refractivity contribution in [3.63, 3.8) is 0 Å². The summed E-state index contributed by atoms with van der Waals surface area (Å²) in [5.41, 5.74) is 3.17. The van der Waals surface area contributed by atoms with Crippen LogP contribution in [0.2, 0.25) is 0 Å². The predicted octanol–water partition coefficient (Wildman–Crippen LogP) is 3.46. The maximum absolute atomic E-state index is 4.41. The number of nitrogens with one attached hydrogen (secondary N) is 1. The highest BCUT2D eigenvalue weighted by atomic mass is 32.1. The number of benzene rings is 1. The molecular weight excluding hydrogens is 332 g/mol. The lowest BCUT2D eigenvalue weighted by Crippen LogP contribution is -2.00. The first-order valence-corrected chi connectivity index (χ1v) is 8.72. The van der Waals surface area contributed by atoms with E-state index in [-0.39, 0.29) is 0 Å². The van der Waals surface area contributed by atoms with E-state index in [4.69, 9.17) is 0 Å². The van der Waals surface area contributed by atoms with Crippen molar-refractivity contribution in [3.8, 4) is 10.7 Å². The second-order valence-corrected chi connectivity index (χ2v) is 6.49. The summed E-state index contributed by atoms with van der Waals surface area (Å²) in [7, 11) is 0. The predicted molar refractivity (Wildman–Crippen MR) is 98.2 cm³/mol. The molecular formula is C18H16N6S. The van der Waals surface area contributed by atoms with Gasteiger partial charge in [-0.3, -0.25) is 9.67 Å². The number of nitrogens with zero attached hydrogens (tertiary/aromatic N) is 5. The smallest absolute Gasteiger partial charge is 0.206 e. The first kappa shape index (κ1) is 15.5. The van der Waals surface area contributed by atoms with Crippen LogP contribution < -0.4 is 5.32 Å². The highest BCUT2D eigenvalue weighted by Gasteiger charge is 2.07. The first-order chi connectivity index (χ1) is 12.4. The molecule has 124 valence electrons. The molecule has 6 nitrogen and oxygen atoms in total. The van der Waals surface area contributed by atoms with E-state index in [1.54, 1.807) is 6.20 Å². The Kier molecular flexibility index (Phi) is 4.47. The van der Waals surface area contributed by atoms with E-state index in [1.807, 2.05) is 53.5 Å². The van der Waals surface area contributed by atoms with Gasteiger partial charge in [-0.25, -0.2) is 0 Å². The largest absolute Gasteiger partial charge is 0.356 e. The van der Waals surface area contributed by atoms with Crippen LogP contribution >= 0.6 is 11.3 Å². The van der Waals surface area contributed by atoms with Crippen LogP contribution in [0.15, 0.2) is 67.1 Å². The number of hydrogen-bond donors (Lipinski definition) is 1. The van der Waals surface area contributed by atoms with Crippen LogP contribution in [0.5, 0.6) is 0 Å². The zero-order valence-electron chi connectivity index (χ0n) is 13.4. The van der Waals surface area contributed by atoms with Gasteiger partial charge in [-0.05, 0) is 17.7 Å². The fourth-order valence-corrected chi connectivity index (χ4v) is 3.14. The molecule has 0 fully saturated rings. The first-order valence-electron chi connectivity index (χ1n) is 7.91. The monoisotopic (exact) mass is 348 g/mol. The van der Waals surface area contributed by atoms with Crippen LogP contribution in [0.1, 0.15) is 11.1 Å². The molecule has 25 heavy (non-hydrogen) atoms. The Labute approximate surface area is 149 Å². The van der Waals surface area contributed by atoms with Gasteiger partial charge >= 0.3 is 0 Å². The fraction of sp³-hybridized carbons (Fsp3) is 0.111. The number of hydrogen-bond acceptors (Lipinski definition) is 6. The normalized spacial score (nSPS) is 10.7. The molecule has 3 heterocycles. The lowest BCUT2D eigenvalue weighted by Gasteiger charge is -2.01. The Morgan fingerprint density at radius 3 is 2.68 bits per heavy atom. The Morgan fingerprint density at radius 2 is 1.84 bits per heavy atom. The second kappa shape index (κ2) is 7.23. The third kappa shape index (κ3) is 3.89. The molecule has 0 saturated carbocycles. The third-order valence-corrected chi connectivity index (χ3v) is 4.53. The molecule has 4 rings (SSSR count). The Hall–Kier alpha value is -3.06. The quantitative estimate of drug-likeness (QED) is 0.578. The van der Waals surface area contributed by atoms with Crippen LogP contribution in [0.4, 0.5) is 5.13 Å². The van der Waals surface area contributed by atoms with Gasteiger partial charge in [0.1, 0.15) is 5.69 Å². The van der Waals surface area contributed by atoms with Crippen molar-refractivity contribution >= 4 is 16.5 Å². The van der Waals surface area contributed by atoms with Crippen LogP contribution in [-0.2, 0) is 13.1 Å². The maximum Gasteiger partial charge on any atom is 0.206 e. The van der Waals surface area contributed by atoms with Crippen molar-refractivity contribution in [1.82, 2.24) is 25.0 Å². The molecule has 0 saturated heterocycles. The number of anilines is 1. The van der Waals surface area contributed by atoms with E-state index < -0.39 is 0 Å². The molecule has 0 spiro atoms. The summed E-state index contributed by atoms with van der Waals surface area (Å²) in [5.74, 6) is 0. The molecule has 0 aliphatic rings. The minimum Gasteiger partial charge on any atom is -0.356 e. The molecule has 0 unspecified atom stereocenters. The standard InChI is InChI=1S/C18H16N6S/c1-2-6-14(7-3-1)12-24-13-15(11-21-24)10-20-18-23-22-17(25-18)16-8-4-5-9-19-16/h1-9,11,13H,10,12H2,(H,20,23). The Morgan fingerprint density at radius 1 is 0.960 bits per heavy atom. The zero-order valence-corrected chi connectivity index (χ0v) is 14.2. The van der Waals surface area contributed by atoms with Crippen LogP contribution in [0, 0.1) is 0 Å². The van der Waals surface area contributed by atoms with E-state index >= 15 is 0 Å². The lowest BCUT2D eigenvalue weighted by atomic mass is 10.2. The fourth-order valence-electron chi connectivity index (χ4n) is 2.42. The molecule has 1 N–H and O–H groups in total. The summed E-state index contributed by atoms with van der Waals surface area (Å²) < 4.78 is 1.94. The minimum atomic E-state index is 0.658. The summed E-state index contributed by atoms with van der Waals surface area (Å²) >= 11 is 1.49. The number of aromatic nitrogens is 5. The molecule has 0 amide bonds. The average Bonchev–Trinajstić information content (AvgIpc) is 3.31. The van der Waals surface area contributed by atoms with Gasteiger partial charge in [-0.1, -0.05) is 47.7 Å². The summed E-state index contributed by atoms with van der Waals surface area (Å²) in [4.78, 5) is 4.29. The summed E-state index contributed by atoms with van der Waals surface area (Å²) in [6.45, 7) is 1.43. The van der Waals surface area contributed by atoms with Gasteiger partial charge in [0.2, 0.25) is 5.13 Å². The molecule has 7 heteroatoms. The second-order valence-electron chi connectivity index (χ2n) is 5.51. The zero-order chi connectivity index (χ0) is 16.9. The van der Waals surface area contributed by atoms with Crippen molar-refractivity contribution in [2.45, 2.75) is 13.1 Å². The SMILES string of the molecule is c1ccc(Cn2cc(CNc3nnc(-c4ccccn4)s3)cn2)cc1. The molecule has 0 aliphatic carbocycles. The van der Waals surface area contributed by atoms with Gasteiger partial charge in [0, 0.05) is 24.5 Å². The van der Waals surface area contributed by atoms with Crippen molar-refractivity contribution < 1.29 is 0 Å². The summed E-state index contributed by atoms with van der Waals surface area (Å²) in [6, 6.07) is 16.0. The van der Waals surface area contributed by atoms with Crippen LogP contribution in [0.3, 0.4) is 0 Å². The summed E-state index contributed by atoms with van der Waals surface area (Å²) in [6.07, 6.45) is 5.67. The van der Waals surface area contributed by atoms with E-state index in [2.05, 4.69) is 37.7 Å². The molecule has 4 aromatic rings. The van der Waals surface area contributed by atoms with Gasteiger partial charge in [0.15, 0.2) is 5.01 Å². The Balaban J connectivity index is 1.37. The third-order valence-electron chi connectivity index (χ3n) is 3.63. The highest BCUT2D eigenvalue weighted by Crippen LogP contribution is 2.24. The molecule has 3 aromatic heterocycles. The van der Waals surface area contributed by atoms with E-state index in [0.29, 0.717) is 6.54 Å².